The molecule has 2 aliphatic rings. The van der Waals surface area contributed by atoms with E-state index in [2.05, 4.69) is 10.6 Å². The normalized spacial score (nSPS) is 28.1. The summed E-state index contributed by atoms with van der Waals surface area (Å²) >= 11 is 0. The van der Waals surface area contributed by atoms with E-state index in [9.17, 15) is 9.59 Å². The van der Waals surface area contributed by atoms with Crippen LogP contribution in [-0.2, 0) is 11.8 Å². The minimum atomic E-state index is -0.491. The van der Waals surface area contributed by atoms with Gasteiger partial charge in [0.1, 0.15) is 5.69 Å². The van der Waals surface area contributed by atoms with Crippen molar-refractivity contribution in [1.82, 2.24) is 9.88 Å². The van der Waals surface area contributed by atoms with Gasteiger partial charge in [-0.25, -0.2) is 0 Å². The molecule has 1 aliphatic carbocycles. The van der Waals surface area contributed by atoms with Crippen LogP contribution in [0.4, 0.5) is 5.69 Å². The molecule has 1 aromatic rings. The van der Waals surface area contributed by atoms with Crippen molar-refractivity contribution in [2.75, 3.05) is 18.4 Å². The smallest absolute Gasteiger partial charge is 0.265 e. The van der Waals surface area contributed by atoms with Crippen molar-refractivity contribution in [3.05, 3.63) is 18.0 Å². The second-order valence-electron chi connectivity index (χ2n) is 6.27. The van der Waals surface area contributed by atoms with Crippen molar-refractivity contribution in [2.24, 2.45) is 24.1 Å². The van der Waals surface area contributed by atoms with Gasteiger partial charge < -0.3 is 20.9 Å². The van der Waals surface area contributed by atoms with Crippen molar-refractivity contribution in [3.63, 3.8) is 0 Å². The summed E-state index contributed by atoms with van der Waals surface area (Å²) in [6.07, 6.45) is 6.09. The Morgan fingerprint density at radius 2 is 2.29 bits per heavy atom. The van der Waals surface area contributed by atoms with Crippen LogP contribution in [0.3, 0.4) is 0 Å². The second kappa shape index (κ2) is 5.18. The van der Waals surface area contributed by atoms with Crippen LogP contribution in [0.15, 0.2) is 12.3 Å². The van der Waals surface area contributed by atoms with Crippen LogP contribution in [0, 0.1) is 11.3 Å². The number of nitrogens with zero attached hydrogens (tertiary/aromatic N) is 1. The maximum Gasteiger partial charge on any atom is 0.265 e. The first-order valence-electron chi connectivity index (χ1n) is 7.51. The molecule has 6 nitrogen and oxygen atoms in total. The lowest BCUT2D eigenvalue weighted by Crippen LogP contribution is -2.44. The van der Waals surface area contributed by atoms with E-state index < -0.39 is 5.91 Å². The average molecular weight is 290 g/mol. The molecule has 1 saturated heterocycles. The Hall–Kier alpha value is -1.82. The first-order chi connectivity index (χ1) is 10.0. The lowest BCUT2D eigenvalue weighted by atomic mass is 9.67. The topological polar surface area (TPSA) is 89.2 Å². The first kappa shape index (κ1) is 14.1. The number of fused-ring (bicyclic) bond motifs is 1. The number of carbonyl (C=O) groups excluding carboxylic acids is 2. The van der Waals surface area contributed by atoms with Gasteiger partial charge in [-0.15, -0.1) is 0 Å². The van der Waals surface area contributed by atoms with Crippen molar-refractivity contribution < 1.29 is 9.59 Å². The fourth-order valence-electron chi connectivity index (χ4n) is 3.82. The molecule has 0 spiro atoms. The number of aromatic nitrogens is 1. The summed E-state index contributed by atoms with van der Waals surface area (Å²) in [4.78, 5) is 24.1. The van der Waals surface area contributed by atoms with E-state index in [0.29, 0.717) is 17.3 Å². The minimum absolute atomic E-state index is 0.0684. The first-order valence-corrected chi connectivity index (χ1v) is 7.51. The molecule has 3 rings (SSSR count). The molecule has 1 saturated carbocycles. The third-order valence-electron chi connectivity index (χ3n) is 5.01. The van der Waals surface area contributed by atoms with E-state index in [1.54, 1.807) is 23.9 Å². The highest BCUT2D eigenvalue weighted by Gasteiger charge is 2.49. The number of rotatable bonds is 3. The van der Waals surface area contributed by atoms with Gasteiger partial charge in [0, 0.05) is 19.8 Å². The van der Waals surface area contributed by atoms with E-state index in [4.69, 9.17) is 5.73 Å². The highest BCUT2D eigenvalue weighted by Crippen LogP contribution is 2.44. The maximum atomic E-state index is 12.8. The van der Waals surface area contributed by atoms with Gasteiger partial charge in [0.25, 0.3) is 5.91 Å². The standard InChI is InChI=1S/C15H22N4O2/c1-19-8-11(6-12(19)13(16)20)18-14(21)15-5-3-2-4-10(15)7-17-9-15/h6,8,10,17H,2-5,7,9H2,1H3,(H2,16,20)(H,18,21)/t10-,15+/m0/s1. The molecule has 2 heterocycles. The number of hydrogen-bond donors (Lipinski definition) is 3. The van der Waals surface area contributed by atoms with Crippen LogP contribution in [0.1, 0.15) is 36.2 Å². The Morgan fingerprint density at radius 1 is 1.48 bits per heavy atom. The van der Waals surface area contributed by atoms with Gasteiger partial charge in [0.2, 0.25) is 5.91 Å². The van der Waals surface area contributed by atoms with Gasteiger partial charge in [-0.05, 0) is 31.4 Å². The van der Waals surface area contributed by atoms with E-state index >= 15 is 0 Å². The fraction of sp³-hybridized carbons (Fsp3) is 0.600. The van der Waals surface area contributed by atoms with E-state index in [1.165, 1.54) is 6.42 Å². The molecule has 21 heavy (non-hydrogen) atoms. The highest BCUT2D eigenvalue weighted by molar-refractivity contribution is 5.98. The van der Waals surface area contributed by atoms with Gasteiger partial charge in [0.15, 0.2) is 0 Å². The number of primary amides is 1. The van der Waals surface area contributed by atoms with Crippen molar-refractivity contribution in [2.45, 2.75) is 25.7 Å². The lowest BCUT2D eigenvalue weighted by Gasteiger charge is -2.36. The summed E-state index contributed by atoms with van der Waals surface area (Å²) in [5, 5.41) is 6.35. The van der Waals surface area contributed by atoms with Crippen molar-refractivity contribution >= 4 is 17.5 Å². The molecule has 2 fully saturated rings. The zero-order valence-corrected chi connectivity index (χ0v) is 12.3. The molecular weight excluding hydrogens is 268 g/mol. The number of aryl methyl sites for hydroxylation is 1. The van der Waals surface area contributed by atoms with E-state index in [1.807, 2.05) is 0 Å². The Kier molecular flexibility index (Phi) is 3.49. The third kappa shape index (κ3) is 2.33. The number of nitrogens with two attached hydrogens (primary N) is 1. The summed E-state index contributed by atoms with van der Waals surface area (Å²) in [5.74, 6) is -0.00127. The van der Waals surface area contributed by atoms with Crippen molar-refractivity contribution in [3.8, 4) is 0 Å². The number of hydrogen-bond acceptors (Lipinski definition) is 3. The molecule has 0 bridgehead atoms. The molecule has 114 valence electrons. The Labute approximate surface area is 124 Å². The molecule has 1 aromatic heterocycles. The number of carbonyl (C=O) groups is 2. The fourth-order valence-corrected chi connectivity index (χ4v) is 3.82. The Bertz CT molecular complexity index is 580. The van der Waals surface area contributed by atoms with Gasteiger partial charge in [-0.2, -0.15) is 0 Å². The average Bonchev–Trinajstić information content (AvgIpc) is 3.02. The molecule has 0 aromatic carbocycles. The quantitative estimate of drug-likeness (QED) is 0.770. The zero-order valence-electron chi connectivity index (χ0n) is 12.3. The number of anilines is 1. The Morgan fingerprint density at radius 3 is 3.00 bits per heavy atom. The molecule has 1 aliphatic heterocycles. The number of nitrogens with one attached hydrogen (secondary N) is 2. The van der Waals surface area contributed by atoms with Crippen LogP contribution >= 0.6 is 0 Å². The molecule has 4 N–H and O–H groups in total. The molecule has 2 atom stereocenters. The maximum absolute atomic E-state index is 12.8. The summed E-state index contributed by atoms with van der Waals surface area (Å²) < 4.78 is 1.64. The molecule has 0 unspecified atom stereocenters. The summed E-state index contributed by atoms with van der Waals surface area (Å²) in [5.41, 5.74) is 6.05. The van der Waals surface area contributed by atoms with Crippen LogP contribution < -0.4 is 16.4 Å². The molecule has 0 radical (unpaired) electrons. The van der Waals surface area contributed by atoms with Gasteiger partial charge >= 0.3 is 0 Å². The SMILES string of the molecule is Cn1cc(NC(=O)[C@@]23CCCC[C@H]2CNC3)cc1C(N)=O. The van der Waals surface area contributed by atoms with E-state index in [0.717, 1.165) is 32.4 Å². The van der Waals surface area contributed by atoms with Crippen molar-refractivity contribution in [1.29, 1.82) is 0 Å². The van der Waals surface area contributed by atoms with Crippen LogP contribution in [0.2, 0.25) is 0 Å². The summed E-state index contributed by atoms with van der Waals surface area (Å²) in [6.45, 7) is 1.67. The largest absolute Gasteiger partial charge is 0.364 e. The molecular formula is C15H22N4O2. The predicted molar refractivity (Wildman–Crippen MR) is 79.8 cm³/mol. The zero-order chi connectivity index (χ0) is 15.0. The van der Waals surface area contributed by atoms with Crippen LogP contribution in [-0.4, -0.2) is 29.5 Å². The van der Waals surface area contributed by atoms with Gasteiger partial charge in [-0.1, -0.05) is 12.8 Å². The highest BCUT2D eigenvalue weighted by atomic mass is 16.2. The molecule has 6 heteroatoms. The monoisotopic (exact) mass is 290 g/mol. The van der Waals surface area contributed by atoms with Gasteiger partial charge in [0.05, 0.1) is 11.1 Å². The Balaban J connectivity index is 1.79. The van der Waals surface area contributed by atoms with E-state index in [-0.39, 0.29) is 11.3 Å². The van der Waals surface area contributed by atoms with Gasteiger partial charge in [-0.3, -0.25) is 9.59 Å². The third-order valence-corrected chi connectivity index (χ3v) is 5.01. The minimum Gasteiger partial charge on any atom is -0.364 e. The predicted octanol–water partition coefficient (Wildman–Crippen LogP) is 0.842. The summed E-state index contributed by atoms with van der Waals surface area (Å²) in [7, 11) is 1.74. The molecule has 2 amide bonds. The number of amides is 2. The van der Waals surface area contributed by atoms with Crippen LogP contribution in [0.5, 0.6) is 0 Å². The summed E-state index contributed by atoms with van der Waals surface area (Å²) in [6, 6.07) is 1.64. The second-order valence-corrected chi connectivity index (χ2v) is 6.27. The van der Waals surface area contributed by atoms with Crippen LogP contribution in [0.25, 0.3) is 0 Å². The lowest BCUT2D eigenvalue weighted by molar-refractivity contribution is -0.128.